The van der Waals surface area contributed by atoms with E-state index in [4.69, 9.17) is 0 Å². The Bertz CT molecular complexity index is 507. The molecule has 0 aromatic heterocycles. The Hall–Kier alpha value is -0.100. The summed E-state index contributed by atoms with van der Waals surface area (Å²) in [5, 5.41) is -0.212. The largest absolute Gasteiger partial charge is 0.223 e. The minimum Gasteiger partial charge on any atom is -0.223 e. The van der Waals surface area contributed by atoms with Crippen LogP contribution in [-0.2, 0) is 9.84 Å². The quantitative estimate of drug-likeness (QED) is 0.556. The van der Waals surface area contributed by atoms with E-state index in [0.29, 0.717) is 4.90 Å². The van der Waals surface area contributed by atoms with E-state index >= 15 is 0 Å². The standard InChI is InChI=1S/C15H21IO2S/c1-12-8-10-13(11-9-12)19(17,18)15-7-5-3-2-4-6-14(15)16/h8-11,14-15H,2-7H2,1H3. The molecule has 106 valence electrons. The van der Waals surface area contributed by atoms with E-state index < -0.39 is 9.84 Å². The van der Waals surface area contributed by atoms with E-state index in [2.05, 4.69) is 22.6 Å². The van der Waals surface area contributed by atoms with Crippen LogP contribution in [0.15, 0.2) is 29.2 Å². The Morgan fingerprint density at radius 2 is 1.58 bits per heavy atom. The molecule has 2 atom stereocenters. The van der Waals surface area contributed by atoms with Gasteiger partial charge in [-0.1, -0.05) is 66.0 Å². The number of alkyl halides is 1. The van der Waals surface area contributed by atoms with Gasteiger partial charge in [-0.2, -0.15) is 0 Å². The topological polar surface area (TPSA) is 34.1 Å². The van der Waals surface area contributed by atoms with Gasteiger partial charge in [-0.05, 0) is 31.9 Å². The van der Waals surface area contributed by atoms with Gasteiger partial charge in [-0.3, -0.25) is 0 Å². The van der Waals surface area contributed by atoms with Crippen molar-refractivity contribution >= 4 is 32.4 Å². The summed E-state index contributed by atoms with van der Waals surface area (Å²) in [4.78, 5) is 0.491. The van der Waals surface area contributed by atoms with Gasteiger partial charge >= 0.3 is 0 Å². The maximum absolute atomic E-state index is 12.8. The van der Waals surface area contributed by atoms with Crippen LogP contribution >= 0.6 is 22.6 Å². The van der Waals surface area contributed by atoms with Gasteiger partial charge in [0.2, 0.25) is 0 Å². The number of aryl methyl sites for hydroxylation is 1. The Kier molecular flexibility index (Phi) is 5.29. The summed E-state index contributed by atoms with van der Waals surface area (Å²) in [7, 11) is -3.18. The third kappa shape index (κ3) is 3.72. The zero-order valence-corrected chi connectivity index (χ0v) is 14.3. The zero-order chi connectivity index (χ0) is 13.9. The summed E-state index contributed by atoms with van der Waals surface area (Å²) < 4.78 is 25.8. The molecule has 1 aliphatic rings. The lowest BCUT2D eigenvalue weighted by atomic mass is 10.0. The Morgan fingerprint density at radius 3 is 2.21 bits per heavy atom. The van der Waals surface area contributed by atoms with Gasteiger partial charge in [-0.25, -0.2) is 8.42 Å². The number of sulfone groups is 1. The average Bonchev–Trinajstić information content (AvgIpc) is 2.34. The Balaban J connectivity index is 2.28. The van der Waals surface area contributed by atoms with Crippen molar-refractivity contribution in [2.45, 2.75) is 59.5 Å². The second kappa shape index (κ2) is 6.57. The first kappa shape index (κ1) is 15.3. The minimum atomic E-state index is -3.18. The monoisotopic (exact) mass is 392 g/mol. The van der Waals surface area contributed by atoms with Gasteiger partial charge in [0, 0.05) is 3.92 Å². The van der Waals surface area contributed by atoms with Crippen LogP contribution < -0.4 is 0 Å². The Labute approximate surface area is 130 Å². The van der Waals surface area contributed by atoms with Gasteiger partial charge in [0.15, 0.2) is 9.84 Å². The molecule has 1 aromatic rings. The van der Waals surface area contributed by atoms with Gasteiger partial charge < -0.3 is 0 Å². The normalized spacial score (nSPS) is 25.6. The second-order valence-electron chi connectivity index (χ2n) is 5.40. The molecule has 1 aromatic carbocycles. The summed E-state index contributed by atoms with van der Waals surface area (Å²) in [6.07, 6.45) is 6.45. The van der Waals surface area contributed by atoms with Crippen LogP contribution in [0.3, 0.4) is 0 Å². The summed E-state index contributed by atoms with van der Waals surface area (Å²) in [6, 6.07) is 7.29. The van der Waals surface area contributed by atoms with Crippen molar-refractivity contribution in [1.29, 1.82) is 0 Å². The highest BCUT2D eigenvalue weighted by molar-refractivity contribution is 14.1. The van der Waals surface area contributed by atoms with Gasteiger partial charge in [0.05, 0.1) is 10.1 Å². The molecular formula is C15H21IO2S. The molecule has 0 saturated heterocycles. The molecule has 2 rings (SSSR count). The van der Waals surface area contributed by atoms with Crippen molar-refractivity contribution in [1.82, 2.24) is 0 Å². The van der Waals surface area contributed by atoms with Crippen LogP contribution in [0.2, 0.25) is 0 Å². The number of hydrogen-bond donors (Lipinski definition) is 0. The average molecular weight is 392 g/mol. The molecule has 4 heteroatoms. The molecule has 0 N–H and O–H groups in total. The molecule has 1 saturated carbocycles. The summed E-state index contributed by atoms with van der Waals surface area (Å²) in [5.74, 6) is 0. The third-order valence-corrected chi connectivity index (χ3v) is 8.14. The van der Waals surface area contributed by atoms with Crippen LogP contribution in [-0.4, -0.2) is 17.6 Å². The molecule has 1 fully saturated rings. The van der Waals surface area contributed by atoms with Crippen LogP contribution in [0.5, 0.6) is 0 Å². The molecule has 0 spiro atoms. The molecule has 0 amide bonds. The maximum atomic E-state index is 12.8. The van der Waals surface area contributed by atoms with E-state index in [9.17, 15) is 8.42 Å². The van der Waals surface area contributed by atoms with Crippen molar-refractivity contribution in [3.05, 3.63) is 29.8 Å². The molecule has 2 nitrogen and oxygen atoms in total. The second-order valence-corrected chi connectivity index (χ2v) is 9.17. The SMILES string of the molecule is Cc1ccc(S(=O)(=O)C2CCCCCCC2I)cc1. The van der Waals surface area contributed by atoms with E-state index in [1.165, 1.54) is 12.8 Å². The zero-order valence-electron chi connectivity index (χ0n) is 11.3. The first-order valence-corrected chi connectivity index (χ1v) is 9.75. The lowest BCUT2D eigenvalue weighted by Crippen LogP contribution is -2.31. The van der Waals surface area contributed by atoms with E-state index in [-0.39, 0.29) is 9.17 Å². The first-order valence-electron chi connectivity index (χ1n) is 6.96. The maximum Gasteiger partial charge on any atom is 0.182 e. The molecule has 0 radical (unpaired) electrons. The van der Waals surface area contributed by atoms with Crippen molar-refractivity contribution in [2.75, 3.05) is 0 Å². The number of benzene rings is 1. The van der Waals surface area contributed by atoms with Crippen molar-refractivity contribution < 1.29 is 8.42 Å². The molecule has 0 heterocycles. The predicted octanol–water partition coefficient (Wildman–Crippen LogP) is 4.30. The van der Waals surface area contributed by atoms with Crippen LogP contribution in [0, 0.1) is 6.92 Å². The van der Waals surface area contributed by atoms with E-state index in [1.54, 1.807) is 12.1 Å². The minimum absolute atomic E-state index is 0.212. The number of hydrogen-bond acceptors (Lipinski definition) is 2. The predicted molar refractivity (Wildman–Crippen MR) is 87.7 cm³/mol. The van der Waals surface area contributed by atoms with E-state index in [0.717, 1.165) is 31.2 Å². The molecule has 0 aliphatic heterocycles. The molecule has 19 heavy (non-hydrogen) atoms. The fourth-order valence-electron chi connectivity index (χ4n) is 2.66. The summed E-state index contributed by atoms with van der Waals surface area (Å²) >= 11 is 2.34. The summed E-state index contributed by atoms with van der Waals surface area (Å²) in [6.45, 7) is 1.98. The highest BCUT2D eigenvalue weighted by Gasteiger charge is 2.33. The Morgan fingerprint density at radius 1 is 1.00 bits per heavy atom. The highest BCUT2D eigenvalue weighted by atomic mass is 127. The van der Waals surface area contributed by atoms with Crippen molar-refractivity contribution in [3.63, 3.8) is 0 Å². The fraction of sp³-hybridized carbons (Fsp3) is 0.600. The van der Waals surface area contributed by atoms with Crippen LogP contribution in [0.1, 0.15) is 44.1 Å². The highest BCUT2D eigenvalue weighted by Crippen LogP contribution is 2.31. The number of halogens is 1. The van der Waals surface area contributed by atoms with Crippen molar-refractivity contribution in [2.24, 2.45) is 0 Å². The first-order chi connectivity index (χ1) is 9.01. The van der Waals surface area contributed by atoms with Crippen molar-refractivity contribution in [3.8, 4) is 0 Å². The number of rotatable bonds is 2. The van der Waals surface area contributed by atoms with Crippen LogP contribution in [0.4, 0.5) is 0 Å². The van der Waals surface area contributed by atoms with Gasteiger partial charge in [-0.15, -0.1) is 0 Å². The smallest absolute Gasteiger partial charge is 0.182 e. The third-order valence-electron chi connectivity index (χ3n) is 3.87. The fourth-order valence-corrected chi connectivity index (χ4v) is 6.48. The molecule has 2 unspecified atom stereocenters. The summed E-state index contributed by atoms with van der Waals surface area (Å²) in [5.41, 5.74) is 1.10. The van der Waals surface area contributed by atoms with Crippen LogP contribution in [0.25, 0.3) is 0 Å². The van der Waals surface area contributed by atoms with Gasteiger partial charge in [0.1, 0.15) is 0 Å². The molecule has 1 aliphatic carbocycles. The molecule has 0 bridgehead atoms. The molecular weight excluding hydrogens is 371 g/mol. The lowest BCUT2D eigenvalue weighted by molar-refractivity contribution is 0.502. The lowest BCUT2D eigenvalue weighted by Gasteiger charge is -2.25. The van der Waals surface area contributed by atoms with E-state index in [1.807, 2.05) is 19.1 Å². The van der Waals surface area contributed by atoms with Gasteiger partial charge in [0.25, 0.3) is 0 Å².